The Morgan fingerprint density at radius 3 is 2.02 bits per heavy atom. The van der Waals surface area contributed by atoms with Gasteiger partial charge in [0.25, 0.3) is 10.1 Å². The zero-order chi connectivity index (χ0) is 36.6. The van der Waals surface area contributed by atoms with Crippen molar-refractivity contribution >= 4 is 58.9 Å². The molecular formula is C41H46N2O6S2. The maximum atomic E-state index is 11.4. The molecule has 0 radical (unpaired) electrons. The molecule has 6 rings (SSSR count). The van der Waals surface area contributed by atoms with E-state index >= 15 is 0 Å². The summed E-state index contributed by atoms with van der Waals surface area (Å²) in [6.45, 7) is 10.1. The van der Waals surface area contributed by atoms with E-state index in [0.29, 0.717) is 38.8 Å². The fourth-order valence-corrected chi connectivity index (χ4v) is 9.14. The second kappa shape index (κ2) is 14.1. The first-order chi connectivity index (χ1) is 24.1. The monoisotopic (exact) mass is 726 g/mol. The van der Waals surface area contributed by atoms with Crippen molar-refractivity contribution in [3.63, 3.8) is 0 Å². The van der Waals surface area contributed by atoms with Crippen LogP contribution in [0.25, 0.3) is 21.5 Å². The second-order valence-electron chi connectivity index (χ2n) is 14.6. The summed E-state index contributed by atoms with van der Waals surface area (Å²) in [5, 5.41) is 4.70. The molecule has 268 valence electrons. The molecule has 0 saturated heterocycles. The number of rotatable bonds is 13. The third kappa shape index (κ3) is 7.60. The Morgan fingerprint density at radius 2 is 1.35 bits per heavy atom. The third-order valence-corrected chi connectivity index (χ3v) is 11.9. The van der Waals surface area contributed by atoms with Gasteiger partial charge in [-0.15, -0.1) is 0 Å². The number of hydrogen-bond donors (Lipinski definition) is 1. The molecule has 2 aliphatic heterocycles. The minimum absolute atomic E-state index is 0.262. The Morgan fingerprint density at radius 1 is 0.725 bits per heavy atom. The van der Waals surface area contributed by atoms with Crippen LogP contribution in [0.2, 0.25) is 0 Å². The Bertz CT molecular complexity index is 2330. The summed E-state index contributed by atoms with van der Waals surface area (Å²) in [5.74, 6) is -0.632. The predicted molar refractivity (Wildman–Crippen MR) is 207 cm³/mol. The predicted octanol–water partition coefficient (Wildman–Crippen LogP) is 8.16. The molecule has 0 fully saturated rings. The van der Waals surface area contributed by atoms with E-state index in [2.05, 4.69) is 110 Å². The van der Waals surface area contributed by atoms with Crippen LogP contribution < -0.4 is 4.90 Å². The quantitative estimate of drug-likeness (QED) is 0.0640. The zero-order valence-electron chi connectivity index (χ0n) is 29.7. The molecule has 0 atom stereocenters. The summed E-state index contributed by atoms with van der Waals surface area (Å²) in [6, 6.07) is 25.3. The lowest BCUT2D eigenvalue weighted by Gasteiger charge is -2.27. The zero-order valence-corrected chi connectivity index (χ0v) is 31.3. The van der Waals surface area contributed by atoms with Gasteiger partial charge in [0.1, 0.15) is 6.54 Å². The van der Waals surface area contributed by atoms with Crippen molar-refractivity contribution in [1.82, 2.24) is 0 Å². The number of anilines is 1. The van der Waals surface area contributed by atoms with Crippen LogP contribution in [-0.2, 0) is 31.1 Å². The van der Waals surface area contributed by atoms with Crippen molar-refractivity contribution in [2.45, 2.75) is 64.2 Å². The van der Waals surface area contributed by atoms with Crippen molar-refractivity contribution in [3.8, 4) is 0 Å². The van der Waals surface area contributed by atoms with E-state index in [9.17, 15) is 25.9 Å². The fourth-order valence-electron chi connectivity index (χ4n) is 8.01. The fraction of sp³-hybridized carbons (Fsp3) is 0.341. The molecule has 0 amide bonds. The first-order valence-corrected chi connectivity index (χ1v) is 20.7. The van der Waals surface area contributed by atoms with E-state index in [1.807, 2.05) is 30.4 Å². The van der Waals surface area contributed by atoms with Crippen LogP contribution in [0.15, 0.2) is 109 Å². The van der Waals surface area contributed by atoms with E-state index in [1.54, 1.807) is 0 Å². The van der Waals surface area contributed by atoms with Crippen LogP contribution in [0.3, 0.4) is 0 Å². The van der Waals surface area contributed by atoms with Crippen molar-refractivity contribution < 1.29 is 30.5 Å². The molecule has 2 aliphatic rings. The average molecular weight is 727 g/mol. The largest absolute Gasteiger partial charge is 0.748 e. The summed E-state index contributed by atoms with van der Waals surface area (Å²) in [4.78, 5) is 2.26. The highest BCUT2D eigenvalue weighted by atomic mass is 32.2. The maximum Gasteiger partial charge on any atom is 0.264 e. The Hall–Kier alpha value is -4.09. The minimum Gasteiger partial charge on any atom is -0.748 e. The van der Waals surface area contributed by atoms with Gasteiger partial charge in [0, 0.05) is 53.2 Å². The lowest BCUT2D eigenvalue weighted by atomic mass is 9.79. The lowest BCUT2D eigenvalue weighted by Crippen LogP contribution is -2.28. The van der Waals surface area contributed by atoms with Crippen molar-refractivity contribution in [2.75, 3.05) is 29.5 Å². The topological polar surface area (TPSA) is 118 Å². The summed E-state index contributed by atoms with van der Waals surface area (Å²) < 4.78 is 68.2. The van der Waals surface area contributed by atoms with Gasteiger partial charge in [0.05, 0.1) is 21.3 Å². The molecule has 4 aromatic rings. The normalized spacial score (nSPS) is 17.8. The van der Waals surface area contributed by atoms with Gasteiger partial charge in [-0.05, 0) is 78.4 Å². The van der Waals surface area contributed by atoms with Gasteiger partial charge in [-0.1, -0.05) is 86.7 Å². The highest BCUT2D eigenvalue weighted by Crippen LogP contribution is 2.51. The molecule has 1 N–H and O–H groups in total. The SMILES string of the molecule is CC1(C)C(=CC=CC=CC2=[N+](CCCCS(=O)(=O)O)c3ccc4ccccc4c3C2(C)C)N(CCCCS(=O)(=O)[O-])c2ccc3ccccc3c21. The second-order valence-corrected chi connectivity index (χ2v) is 17.7. The van der Waals surface area contributed by atoms with Crippen LogP contribution in [0.5, 0.6) is 0 Å². The number of unbranched alkanes of at least 4 members (excludes halogenated alkanes) is 2. The molecule has 0 aromatic heterocycles. The standard InChI is InChI=1S/C41H46N2O6S2/c1-40(2)36(42(26-12-14-28-50(44,45)46)34-24-22-30-16-8-10-18-32(30)38(34)40)20-6-5-7-21-37-41(3,4)39-33-19-11-9-17-31(33)23-25-35(39)43(37)27-13-15-29-51(47,48)49/h5-11,16-25H,12-15,26-29H2,1-4H3,(H-,44,45,46,47,48,49). The van der Waals surface area contributed by atoms with Crippen LogP contribution in [0, 0.1) is 0 Å². The van der Waals surface area contributed by atoms with Crippen LogP contribution in [0.4, 0.5) is 11.4 Å². The van der Waals surface area contributed by atoms with E-state index < -0.39 is 20.2 Å². The molecule has 2 heterocycles. The molecule has 0 spiro atoms. The lowest BCUT2D eigenvalue weighted by molar-refractivity contribution is -0.438. The molecule has 10 heteroatoms. The van der Waals surface area contributed by atoms with Crippen molar-refractivity contribution in [1.29, 1.82) is 0 Å². The molecule has 0 unspecified atom stereocenters. The minimum atomic E-state index is -4.27. The van der Waals surface area contributed by atoms with Gasteiger partial charge >= 0.3 is 0 Å². The van der Waals surface area contributed by atoms with Gasteiger partial charge in [-0.2, -0.15) is 13.0 Å². The van der Waals surface area contributed by atoms with Gasteiger partial charge < -0.3 is 9.45 Å². The number of nitrogens with zero attached hydrogens (tertiary/aromatic N) is 2. The first kappa shape index (κ1) is 36.7. The molecule has 4 aromatic carbocycles. The summed E-state index contributed by atoms with van der Waals surface area (Å²) in [5.41, 5.74) is 6.20. The maximum absolute atomic E-state index is 11.4. The number of benzene rings is 4. The highest BCUT2D eigenvalue weighted by Gasteiger charge is 2.45. The Balaban J connectivity index is 1.32. The molecular weight excluding hydrogens is 681 g/mol. The Kier molecular flexibility index (Phi) is 10.2. The number of hydrogen-bond acceptors (Lipinski definition) is 6. The molecule has 0 saturated carbocycles. The van der Waals surface area contributed by atoms with Gasteiger partial charge in [0.15, 0.2) is 5.71 Å². The van der Waals surface area contributed by atoms with Crippen molar-refractivity contribution in [2.24, 2.45) is 0 Å². The van der Waals surface area contributed by atoms with Crippen LogP contribution >= 0.6 is 0 Å². The van der Waals surface area contributed by atoms with E-state index in [-0.39, 0.29) is 22.3 Å². The van der Waals surface area contributed by atoms with Crippen molar-refractivity contribution in [3.05, 3.63) is 120 Å². The first-order valence-electron chi connectivity index (χ1n) is 17.5. The molecule has 0 aliphatic carbocycles. The van der Waals surface area contributed by atoms with Gasteiger partial charge in [-0.25, -0.2) is 8.42 Å². The summed E-state index contributed by atoms with van der Waals surface area (Å²) in [6.07, 6.45) is 12.2. The van der Waals surface area contributed by atoms with E-state index in [0.717, 1.165) is 28.2 Å². The van der Waals surface area contributed by atoms with Crippen LogP contribution in [0.1, 0.15) is 64.5 Å². The van der Waals surface area contributed by atoms with Crippen LogP contribution in [-0.4, -0.2) is 60.8 Å². The Labute approximate surface area is 302 Å². The van der Waals surface area contributed by atoms with E-state index in [4.69, 9.17) is 0 Å². The highest BCUT2D eigenvalue weighted by molar-refractivity contribution is 7.85. The van der Waals surface area contributed by atoms with Gasteiger partial charge in [0.2, 0.25) is 5.69 Å². The smallest absolute Gasteiger partial charge is 0.264 e. The van der Waals surface area contributed by atoms with Gasteiger partial charge in [-0.3, -0.25) is 4.55 Å². The summed E-state index contributed by atoms with van der Waals surface area (Å²) >= 11 is 0. The average Bonchev–Trinajstić information content (AvgIpc) is 3.42. The number of fused-ring (bicyclic) bond motifs is 6. The van der Waals surface area contributed by atoms with E-state index in [1.165, 1.54) is 27.3 Å². The molecule has 0 bridgehead atoms. The molecule has 8 nitrogen and oxygen atoms in total. The molecule has 51 heavy (non-hydrogen) atoms. The summed E-state index contributed by atoms with van der Waals surface area (Å²) in [7, 11) is -8.29. The number of allylic oxidation sites excluding steroid dienone is 6. The third-order valence-electron chi connectivity index (χ3n) is 10.3.